The first-order valence-electron chi connectivity index (χ1n) is 7.32. The van der Waals surface area contributed by atoms with Crippen LogP contribution in [0.3, 0.4) is 0 Å². The van der Waals surface area contributed by atoms with Crippen molar-refractivity contribution in [2.45, 2.75) is 32.1 Å². The molecule has 0 fully saturated rings. The summed E-state index contributed by atoms with van der Waals surface area (Å²) in [7, 11) is 0. The van der Waals surface area contributed by atoms with Gasteiger partial charge in [-0.2, -0.15) is 0 Å². The van der Waals surface area contributed by atoms with E-state index < -0.39 is 0 Å². The molecule has 0 aliphatic heterocycles. The van der Waals surface area contributed by atoms with Crippen molar-refractivity contribution in [3.8, 4) is 0 Å². The summed E-state index contributed by atoms with van der Waals surface area (Å²) in [5.74, 6) is -0.464. The van der Waals surface area contributed by atoms with Crippen LogP contribution in [0.15, 0.2) is 17.5 Å². The Morgan fingerprint density at radius 2 is 2.09 bits per heavy atom. The van der Waals surface area contributed by atoms with Crippen LogP contribution in [-0.2, 0) is 17.6 Å². The van der Waals surface area contributed by atoms with Crippen LogP contribution in [0.5, 0.6) is 0 Å². The van der Waals surface area contributed by atoms with E-state index in [1.54, 1.807) is 17.4 Å². The van der Waals surface area contributed by atoms with Crippen molar-refractivity contribution < 1.29 is 9.59 Å². The first-order valence-corrected chi connectivity index (χ1v) is 9.02. The number of fused-ring (bicyclic) bond motifs is 1. The smallest absolute Gasteiger partial charge is 0.261 e. The molecule has 2 aromatic rings. The molecular weight excluding hydrogens is 318 g/mol. The maximum Gasteiger partial charge on any atom is 0.261 e. The van der Waals surface area contributed by atoms with Gasteiger partial charge in [0, 0.05) is 4.88 Å². The third kappa shape index (κ3) is 3.72. The van der Waals surface area contributed by atoms with E-state index in [0.717, 1.165) is 18.5 Å². The minimum atomic E-state index is -0.242. The molecule has 0 aromatic carbocycles. The SMILES string of the molecule is O=C(CNC(=O)c1cccs1)Nc1nc2c(s1)CCCCC2. The molecule has 0 bridgehead atoms. The van der Waals surface area contributed by atoms with Gasteiger partial charge >= 0.3 is 0 Å². The Bertz CT molecular complexity index is 641. The number of carbonyl (C=O) groups excluding carboxylic acids is 2. The van der Waals surface area contributed by atoms with E-state index in [0.29, 0.717) is 10.0 Å². The molecule has 5 nitrogen and oxygen atoms in total. The van der Waals surface area contributed by atoms with Crippen molar-refractivity contribution >= 4 is 39.6 Å². The molecule has 116 valence electrons. The number of hydrogen-bond acceptors (Lipinski definition) is 5. The van der Waals surface area contributed by atoms with Crippen LogP contribution in [-0.4, -0.2) is 23.3 Å². The molecule has 2 aromatic heterocycles. The number of aryl methyl sites for hydroxylation is 2. The van der Waals surface area contributed by atoms with Gasteiger partial charge in [-0.1, -0.05) is 12.5 Å². The fourth-order valence-electron chi connectivity index (χ4n) is 2.40. The molecule has 2 heterocycles. The maximum absolute atomic E-state index is 11.9. The number of rotatable bonds is 4. The van der Waals surface area contributed by atoms with Gasteiger partial charge in [0.05, 0.1) is 17.1 Å². The van der Waals surface area contributed by atoms with Gasteiger partial charge in [0.15, 0.2) is 5.13 Å². The molecule has 0 unspecified atom stereocenters. The van der Waals surface area contributed by atoms with Crippen molar-refractivity contribution in [1.82, 2.24) is 10.3 Å². The maximum atomic E-state index is 11.9. The summed E-state index contributed by atoms with van der Waals surface area (Å²) in [4.78, 5) is 30.1. The molecular formula is C15H17N3O2S2. The van der Waals surface area contributed by atoms with E-state index in [2.05, 4.69) is 15.6 Å². The summed E-state index contributed by atoms with van der Waals surface area (Å²) in [6.07, 6.45) is 5.66. The lowest BCUT2D eigenvalue weighted by atomic mass is 10.2. The third-order valence-electron chi connectivity index (χ3n) is 3.50. The second-order valence-electron chi connectivity index (χ2n) is 5.16. The predicted octanol–water partition coefficient (Wildman–Crippen LogP) is 2.84. The Kier molecular flexibility index (Phi) is 4.84. The first-order chi connectivity index (χ1) is 10.7. The van der Waals surface area contributed by atoms with Gasteiger partial charge < -0.3 is 10.6 Å². The van der Waals surface area contributed by atoms with E-state index in [4.69, 9.17) is 0 Å². The van der Waals surface area contributed by atoms with Crippen molar-refractivity contribution in [2.24, 2.45) is 0 Å². The number of hydrogen-bond donors (Lipinski definition) is 2. The highest BCUT2D eigenvalue weighted by Crippen LogP contribution is 2.28. The van der Waals surface area contributed by atoms with Crippen LogP contribution in [0.2, 0.25) is 0 Å². The molecule has 2 amide bonds. The Morgan fingerprint density at radius 1 is 1.23 bits per heavy atom. The minimum absolute atomic E-state index is 0.0407. The van der Waals surface area contributed by atoms with Gasteiger partial charge in [-0.25, -0.2) is 4.98 Å². The highest BCUT2D eigenvalue weighted by Gasteiger charge is 2.16. The molecule has 7 heteroatoms. The van der Waals surface area contributed by atoms with Crippen molar-refractivity contribution in [3.63, 3.8) is 0 Å². The van der Waals surface area contributed by atoms with Gasteiger partial charge in [0.2, 0.25) is 5.91 Å². The van der Waals surface area contributed by atoms with Crippen LogP contribution in [0.25, 0.3) is 0 Å². The number of anilines is 1. The topological polar surface area (TPSA) is 71.1 Å². The number of amides is 2. The van der Waals surface area contributed by atoms with Gasteiger partial charge in [0.1, 0.15) is 0 Å². The van der Waals surface area contributed by atoms with Gasteiger partial charge in [0.25, 0.3) is 5.91 Å². The third-order valence-corrected chi connectivity index (χ3v) is 5.44. The minimum Gasteiger partial charge on any atom is -0.342 e. The normalized spacial score (nSPS) is 14.0. The fraction of sp³-hybridized carbons (Fsp3) is 0.400. The Hall–Kier alpha value is -1.73. The molecule has 1 aliphatic rings. The van der Waals surface area contributed by atoms with Crippen molar-refractivity contribution in [3.05, 3.63) is 33.0 Å². The lowest BCUT2D eigenvalue weighted by Gasteiger charge is -2.03. The molecule has 0 radical (unpaired) electrons. The zero-order valence-corrected chi connectivity index (χ0v) is 13.7. The lowest BCUT2D eigenvalue weighted by Crippen LogP contribution is -2.32. The van der Waals surface area contributed by atoms with Crippen LogP contribution >= 0.6 is 22.7 Å². The van der Waals surface area contributed by atoms with Crippen LogP contribution < -0.4 is 10.6 Å². The summed E-state index contributed by atoms with van der Waals surface area (Å²) < 4.78 is 0. The number of thiophene rings is 1. The second-order valence-corrected chi connectivity index (χ2v) is 7.19. The highest BCUT2D eigenvalue weighted by atomic mass is 32.1. The van der Waals surface area contributed by atoms with E-state index in [9.17, 15) is 9.59 Å². The fourth-order valence-corrected chi connectivity index (χ4v) is 4.11. The molecule has 1 aliphatic carbocycles. The molecule has 3 rings (SSSR count). The molecule has 0 saturated heterocycles. The largest absolute Gasteiger partial charge is 0.342 e. The van der Waals surface area contributed by atoms with E-state index >= 15 is 0 Å². The van der Waals surface area contributed by atoms with Crippen LogP contribution in [0.4, 0.5) is 5.13 Å². The lowest BCUT2D eigenvalue weighted by molar-refractivity contribution is -0.115. The zero-order chi connectivity index (χ0) is 15.4. The summed E-state index contributed by atoms with van der Waals surface area (Å²) in [5, 5.41) is 7.86. The molecule has 22 heavy (non-hydrogen) atoms. The Morgan fingerprint density at radius 3 is 2.91 bits per heavy atom. The molecule has 0 saturated carbocycles. The molecule has 0 spiro atoms. The quantitative estimate of drug-likeness (QED) is 0.844. The summed E-state index contributed by atoms with van der Waals surface area (Å²) >= 11 is 2.91. The zero-order valence-electron chi connectivity index (χ0n) is 12.1. The summed E-state index contributed by atoms with van der Waals surface area (Å²) in [6.45, 7) is -0.0407. The van der Waals surface area contributed by atoms with Gasteiger partial charge in [-0.3, -0.25) is 9.59 Å². The Labute approximate surface area is 136 Å². The van der Waals surface area contributed by atoms with E-state index in [-0.39, 0.29) is 18.4 Å². The van der Waals surface area contributed by atoms with Crippen LogP contribution in [0, 0.1) is 0 Å². The summed E-state index contributed by atoms with van der Waals surface area (Å²) in [5.41, 5.74) is 1.13. The van der Waals surface area contributed by atoms with E-state index in [1.165, 1.54) is 35.5 Å². The van der Waals surface area contributed by atoms with E-state index in [1.807, 2.05) is 11.4 Å². The van der Waals surface area contributed by atoms with Crippen molar-refractivity contribution in [1.29, 1.82) is 0 Å². The standard InChI is InChI=1S/C15H17N3O2S2/c19-13(9-16-14(20)12-7-4-8-21-12)18-15-17-10-5-2-1-3-6-11(10)22-15/h4,7-8H,1-3,5-6,9H2,(H,16,20)(H,17,18,19). The Balaban J connectivity index is 1.52. The number of nitrogens with zero attached hydrogens (tertiary/aromatic N) is 1. The average molecular weight is 335 g/mol. The second kappa shape index (κ2) is 7.02. The van der Waals surface area contributed by atoms with Crippen molar-refractivity contribution in [2.75, 3.05) is 11.9 Å². The first kappa shape index (κ1) is 15.2. The molecule has 0 atom stereocenters. The van der Waals surface area contributed by atoms with Gasteiger partial charge in [-0.05, 0) is 37.1 Å². The number of nitrogens with one attached hydrogen (secondary N) is 2. The summed E-state index contributed by atoms with van der Waals surface area (Å²) in [6, 6.07) is 3.54. The van der Waals surface area contributed by atoms with Gasteiger partial charge in [-0.15, -0.1) is 22.7 Å². The number of carbonyl (C=O) groups is 2. The van der Waals surface area contributed by atoms with Crippen LogP contribution in [0.1, 0.15) is 39.5 Å². The monoisotopic (exact) mass is 335 g/mol. The predicted molar refractivity (Wildman–Crippen MR) is 88.7 cm³/mol. The molecule has 2 N–H and O–H groups in total. The number of thiazole rings is 1. The highest BCUT2D eigenvalue weighted by molar-refractivity contribution is 7.15. The number of aromatic nitrogens is 1. The average Bonchev–Trinajstić information content (AvgIpc) is 3.11.